The van der Waals surface area contributed by atoms with Crippen LogP contribution in [0.4, 0.5) is 0 Å². The molecule has 1 atom stereocenters. The lowest BCUT2D eigenvalue weighted by Gasteiger charge is -2.21. The first-order chi connectivity index (χ1) is 9.76. The van der Waals surface area contributed by atoms with Crippen molar-refractivity contribution in [2.24, 2.45) is 0 Å². The predicted molar refractivity (Wildman–Crippen MR) is 87.3 cm³/mol. The van der Waals surface area contributed by atoms with Gasteiger partial charge in [0.1, 0.15) is 5.75 Å². The third-order valence-corrected chi connectivity index (χ3v) is 4.07. The Kier molecular flexibility index (Phi) is 5.62. The Morgan fingerprint density at radius 3 is 2.50 bits per heavy atom. The molecule has 3 heteroatoms. The molecule has 0 aliphatic heterocycles. The van der Waals surface area contributed by atoms with E-state index in [0.29, 0.717) is 0 Å². The molecule has 0 fully saturated rings. The summed E-state index contributed by atoms with van der Waals surface area (Å²) in [6.45, 7) is 3.06. The maximum absolute atomic E-state index is 5.45. The predicted octanol–water partition coefficient (Wildman–Crippen LogP) is 4.35. The van der Waals surface area contributed by atoms with Crippen LogP contribution in [0.2, 0.25) is 0 Å². The van der Waals surface area contributed by atoms with Crippen LogP contribution >= 0.6 is 15.9 Å². The fraction of sp³-hybridized carbons (Fsp3) is 0.294. The Morgan fingerprint density at radius 1 is 1.10 bits per heavy atom. The van der Waals surface area contributed by atoms with Crippen molar-refractivity contribution in [3.63, 3.8) is 0 Å². The van der Waals surface area contributed by atoms with E-state index >= 15 is 0 Å². The molecule has 20 heavy (non-hydrogen) atoms. The van der Waals surface area contributed by atoms with Crippen LogP contribution in [0.15, 0.2) is 53.0 Å². The molecule has 1 N–H and O–H groups in total. The van der Waals surface area contributed by atoms with E-state index in [9.17, 15) is 0 Å². The minimum absolute atomic E-state index is 0.270. The van der Waals surface area contributed by atoms with Crippen LogP contribution in [0.25, 0.3) is 0 Å². The second-order valence-electron chi connectivity index (χ2n) is 4.65. The first-order valence-corrected chi connectivity index (χ1v) is 7.65. The Balaban J connectivity index is 2.28. The fourth-order valence-corrected chi connectivity index (χ4v) is 2.95. The van der Waals surface area contributed by atoms with Crippen LogP contribution in [0.3, 0.4) is 0 Å². The lowest BCUT2D eigenvalue weighted by molar-refractivity contribution is 0.405. The van der Waals surface area contributed by atoms with Gasteiger partial charge in [-0.15, -0.1) is 0 Å². The Morgan fingerprint density at radius 2 is 1.80 bits per heavy atom. The molecule has 0 aliphatic rings. The molecule has 1 unspecified atom stereocenters. The standard InChI is InChI=1S/C17H20BrNO/c1-3-19-16(14-9-5-6-10-15(14)18)12-13-8-4-7-11-17(13)20-2/h4-11,16,19H,3,12H2,1-2H3. The second-order valence-corrected chi connectivity index (χ2v) is 5.50. The first kappa shape index (κ1) is 15.1. The molecule has 0 saturated heterocycles. The van der Waals surface area contributed by atoms with Gasteiger partial charge in [0.05, 0.1) is 7.11 Å². The van der Waals surface area contributed by atoms with E-state index in [1.54, 1.807) is 7.11 Å². The minimum Gasteiger partial charge on any atom is -0.496 e. The summed E-state index contributed by atoms with van der Waals surface area (Å²) in [7, 11) is 1.72. The van der Waals surface area contributed by atoms with Crippen molar-refractivity contribution >= 4 is 15.9 Å². The highest BCUT2D eigenvalue weighted by atomic mass is 79.9. The zero-order valence-corrected chi connectivity index (χ0v) is 13.5. The van der Waals surface area contributed by atoms with E-state index in [1.807, 2.05) is 18.2 Å². The molecular weight excluding hydrogens is 314 g/mol. The highest BCUT2D eigenvalue weighted by Gasteiger charge is 2.15. The van der Waals surface area contributed by atoms with Gasteiger partial charge in [0.15, 0.2) is 0 Å². The summed E-state index contributed by atoms with van der Waals surface area (Å²) in [5.74, 6) is 0.947. The van der Waals surface area contributed by atoms with Gasteiger partial charge in [0, 0.05) is 10.5 Å². The Hall–Kier alpha value is -1.32. The lowest BCUT2D eigenvalue weighted by Crippen LogP contribution is -2.23. The summed E-state index contributed by atoms with van der Waals surface area (Å²) in [4.78, 5) is 0. The number of benzene rings is 2. The third kappa shape index (κ3) is 3.62. The summed E-state index contributed by atoms with van der Waals surface area (Å²) in [5, 5.41) is 3.55. The van der Waals surface area contributed by atoms with Gasteiger partial charge >= 0.3 is 0 Å². The number of nitrogens with one attached hydrogen (secondary N) is 1. The number of rotatable bonds is 6. The molecule has 0 radical (unpaired) electrons. The number of para-hydroxylation sites is 1. The van der Waals surface area contributed by atoms with E-state index in [-0.39, 0.29) is 6.04 Å². The van der Waals surface area contributed by atoms with E-state index in [2.05, 4.69) is 58.5 Å². The number of hydrogen-bond donors (Lipinski definition) is 1. The molecule has 2 rings (SSSR count). The number of ether oxygens (including phenoxy) is 1. The molecule has 0 aliphatic carbocycles. The topological polar surface area (TPSA) is 21.3 Å². The molecule has 2 aromatic rings. The highest BCUT2D eigenvalue weighted by molar-refractivity contribution is 9.10. The summed E-state index contributed by atoms with van der Waals surface area (Å²) >= 11 is 3.64. The molecule has 0 spiro atoms. The van der Waals surface area contributed by atoms with E-state index in [4.69, 9.17) is 4.74 Å². The molecule has 0 aromatic heterocycles. The Labute approximate surface area is 129 Å². The van der Waals surface area contributed by atoms with Gasteiger partial charge in [-0.2, -0.15) is 0 Å². The number of likely N-dealkylation sites (N-methyl/N-ethyl adjacent to an activating group) is 1. The maximum atomic E-state index is 5.45. The van der Waals surface area contributed by atoms with Gasteiger partial charge in [-0.25, -0.2) is 0 Å². The van der Waals surface area contributed by atoms with Crippen molar-refractivity contribution in [3.05, 3.63) is 64.1 Å². The van der Waals surface area contributed by atoms with Gasteiger partial charge in [-0.05, 0) is 36.2 Å². The Bertz CT molecular complexity index is 556. The van der Waals surface area contributed by atoms with Gasteiger partial charge in [0.25, 0.3) is 0 Å². The lowest BCUT2D eigenvalue weighted by atomic mass is 9.98. The summed E-state index contributed by atoms with van der Waals surface area (Å²) in [6, 6.07) is 16.8. The number of hydrogen-bond acceptors (Lipinski definition) is 2. The molecule has 106 valence electrons. The first-order valence-electron chi connectivity index (χ1n) is 6.86. The van der Waals surface area contributed by atoms with Crippen molar-refractivity contribution in [2.75, 3.05) is 13.7 Å². The average molecular weight is 334 g/mol. The van der Waals surface area contributed by atoms with Gasteiger partial charge < -0.3 is 10.1 Å². The zero-order chi connectivity index (χ0) is 14.4. The van der Waals surface area contributed by atoms with Crippen molar-refractivity contribution in [1.29, 1.82) is 0 Å². The third-order valence-electron chi connectivity index (χ3n) is 3.35. The van der Waals surface area contributed by atoms with Gasteiger partial charge in [-0.3, -0.25) is 0 Å². The molecule has 0 saturated carbocycles. The largest absolute Gasteiger partial charge is 0.496 e. The van der Waals surface area contributed by atoms with Crippen molar-refractivity contribution in [3.8, 4) is 5.75 Å². The van der Waals surface area contributed by atoms with Crippen LogP contribution in [-0.4, -0.2) is 13.7 Å². The molecule has 2 aromatic carbocycles. The summed E-state index contributed by atoms with van der Waals surface area (Å²) in [6.07, 6.45) is 0.903. The molecule has 0 amide bonds. The van der Waals surface area contributed by atoms with Gasteiger partial charge in [0.2, 0.25) is 0 Å². The van der Waals surface area contributed by atoms with Crippen LogP contribution in [0.1, 0.15) is 24.1 Å². The van der Waals surface area contributed by atoms with E-state index < -0.39 is 0 Å². The van der Waals surface area contributed by atoms with Gasteiger partial charge in [-0.1, -0.05) is 59.3 Å². The molecule has 0 heterocycles. The van der Waals surface area contributed by atoms with Crippen LogP contribution in [0, 0.1) is 0 Å². The van der Waals surface area contributed by atoms with Crippen LogP contribution < -0.4 is 10.1 Å². The SMILES string of the molecule is CCNC(Cc1ccccc1OC)c1ccccc1Br. The average Bonchev–Trinajstić information content (AvgIpc) is 2.48. The number of methoxy groups -OCH3 is 1. The smallest absolute Gasteiger partial charge is 0.122 e. The zero-order valence-electron chi connectivity index (χ0n) is 11.9. The van der Waals surface area contributed by atoms with E-state index in [1.165, 1.54) is 11.1 Å². The maximum Gasteiger partial charge on any atom is 0.122 e. The quantitative estimate of drug-likeness (QED) is 0.848. The van der Waals surface area contributed by atoms with E-state index in [0.717, 1.165) is 23.2 Å². The highest BCUT2D eigenvalue weighted by Crippen LogP contribution is 2.29. The van der Waals surface area contributed by atoms with Crippen LogP contribution in [-0.2, 0) is 6.42 Å². The van der Waals surface area contributed by atoms with Crippen molar-refractivity contribution in [1.82, 2.24) is 5.32 Å². The minimum atomic E-state index is 0.270. The fourth-order valence-electron chi connectivity index (χ4n) is 2.39. The normalized spacial score (nSPS) is 12.2. The monoisotopic (exact) mass is 333 g/mol. The molecule has 2 nitrogen and oxygen atoms in total. The summed E-state index contributed by atoms with van der Waals surface area (Å²) in [5.41, 5.74) is 2.50. The summed E-state index contributed by atoms with van der Waals surface area (Å²) < 4.78 is 6.59. The second kappa shape index (κ2) is 7.46. The van der Waals surface area contributed by atoms with Crippen molar-refractivity contribution in [2.45, 2.75) is 19.4 Å². The van der Waals surface area contributed by atoms with Crippen LogP contribution in [0.5, 0.6) is 5.75 Å². The molecular formula is C17H20BrNO. The number of halogens is 1. The van der Waals surface area contributed by atoms with Crippen molar-refractivity contribution < 1.29 is 4.74 Å². The molecule has 0 bridgehead atoms.